The van der Waals surface area contributed by atoms with E-state index in [0.717, 1.165) is 29.2 Å². The van der Waals surface area contributed by atoms with E-state index in [4.69, 9.17) is 28.3 Å². The summed E-state index contributed by atoms with van der Waals surface area (Å²) in [7, 11) is 0. The highest BCUT2D eigenvalue weighted by atomic mass is 35.5. The van der Waals surface area contributed by atoms with Gasteiger partial charge in [0.2, 0.25) is 0 Å². The maximum absolute atomic E-state index is 12.1. The third kappa shape index (κ3) is 3.59. The number of ether oxygens (including phenoxy) is 1. The number of hydrogen-bond donors (Lipinski definition) is 1. The lowest BCUT2D eigenvalue weighted by molar-refractivity contribution is -0.274. The van der Waals surface area contributed by atoms with Crippen molar-refractivity contribution in [2.24, 2.45) is 0 Å². The van der Waals surface area contributed by atoms with Crippen molar-refractivity contribution >= 4 is 29.2 Å². The molecule has 0 aliphatic rings. The number of nitrogens with zero attached hydrogens (tertiary/aromatic N) is 2. The van der Waals surface area contributed by atoms with Gasteiger partial charge >= 0.3 is 12.3 Å². The van der Waals surface area contributed by atoms with Crippen molar-refractivity contribution in [3.63, 3.8) is 0 Å². The molecule has 0 bridgehead atoms. The number of rotatable bonds is 3. The zero-order valence-corrected chi connectivity index (χ0v) is 11.4. The Bertz CT molecular complexity index is 677. The van der Waals surface area contributed by atoms with E-state index in [0.29, 0.717) is 0 Å². The van der Waals surface area contributed by atoms with Gasteiger partial charge in [0.15, 0.2) is 0 Å². The Kier molecular flexibility index (Phi) is 4.02. The summed E-state index contributed by atoms with van der Waals surface area (Å²) in [5.41, 5.74) is -0.0851. The maximum atomic E-state index is 12.1. The van der Waals surface area contributed by atoms with Crippen LogP contribution < -0.4 is 4.74 Å². The molecule has 0 fully saturated rings. The van der Waals surface area contributed by atoms with E-state index in [1.165, 1.54) is 0 Å². The van der Waals surface area contributed by atoms with E-state index < -0.39 is 18.1 Å². The molecule has 0 unspecified atom stereocenters. The Morgan fingerprint density at radius 2 is 1.86 bits per heavy atom. The second-order valence-corrected chi connectivity index (χ2v) is 4.58. The topological polar surface area (TPSA) is 64.3 Å². The predicted octanol–water partition coefficient (Wildman–Crippen LogP) is 3.78. The third-order valence-electron chi connectivity index (χ3n) is 2.28. The van der Waals surface area contributed by atoms with Gasteiger partial charge in [0.1, 0.15) is 11.4 Å². The summed E-state index contributed by atoms with van der Waals surface area (Å²) >= 11 is 11.7. The number of benzene rings is 1. The minimum absolute atomic E-state index is 0.0420. The third-order valence-corrected chi connectivity index (χ3v) is 2.86. The van der Waals surface area contributed by atoms with E-state index in [1.54, 1.807) is 0 Å². The van der Waals surface area contributed by atoms with Crippen molar-refractivity contribution in [1.82, 2.24) is 9.78 Å². The van der Waals surface area contributed by atoms with Gasteiger partial charge in [-0.25, -0.2) is 9.48 Å². The van der Waals surface area contributed by atoms with Crippen LogP contribution in [0.5, 0.6) is 5.75 Å². The normalized spacial score (nSPS) is 11.5. The molecule has 5 nitrogen and oxygen atoms in total. The standard InChI is InChI=1S/C11H5Cl2F3N2O3/c12-7-1-6(21-11(14,15)16)2-8(13)9(7)18-4-5(3-17-18)10(19)20/h1-4H,(H,19,20). The lowest BCUT2D eigenvalue weighted by Crippen LogP contribution is -2.17. The average molecular weight is 341 g/mol. The number of aromatic nitrogens is 2. The van der Waals surface area contributed by atoms with Crippen molar-refractivity contribution < 1.29 is 27.8 Å². The van der Waals surface area contributed by atoms with Crippen molar-refractivity contribution in [1.29, 1.82) is 0 Å². The van der Waals surface area contributed by atoms with Gasteiger partial charge in [-0.3, -0.25) is 0 Å². The number of carboxylic acids is 1. The van der Waals surface area contributed by atoms with E-state index in [-0.39, 0.29) is 21.3 Å². The molecule has 0 aliphatic heterocycles. The van der Waals surface area contributed by atoms with Crippen molar-refractivity contribution in [3.05, 3.63) is 40.1 Å². The van der Waals surface area contributed by atoms with E-state index in [2.05, 4.69) is 9.84 Å². The maximum Gasteiger partial charge on any atom is 0.573 e. The van der Waals surface area contributed by atoms with E-state index in [1.807, 2.05) is 0 Å². The Morgan fingerprint density at radius 3 is 2.29 bits per heavy atom. The van der Waals surface area contributed by atoms with Crippen LogP contribution in [0.1, 0.15) is 10.4 Å². The molecule has 21 heavy (non-hydrogen) atoms. The fraction of sp³-hybridized carbons (Fsp3) is 0.0909. The highest BCUT2D eigenvalue weighted by molar-refractivity contribution is 6.38. The van der Waals surface area contributed by atoms with E-state index in [9.17, 15) is 18.0 Å². The molecule has 0 amide bonds. The molecule has 0 radical (unpaired) electrons. The number of carbonyl (C=O) groups is 1. The van der Waals surface area contributed by atoms with E-state index >= 15 is 0 Å². The Hall–Kier alpha value is -1.93. The molecule has 0 saturated carbocycles. The van der Waals surface area contributed by atoms with Crippen molar-refractivity contribution in [3.8, 4) is 11.4 Å². The first-order valence-electron chi connectivity index (χ1n) is 5.20. The Morgan fingerprint density at radius 1 is 1.29 bits per heavy atom. The Labute approximate surface area is 125 Å². The fourth-order valence-corrected chi connectivity index (χ4v) is 2.15. The van der Waals surface area contributed by atoms with Gasteiger partial charge in [-0.05, 0) is 0 Å². The molecule has 1 aromatic heterocycles. The predicted molar refractivity (Wildman–Crippen MR) is 67.2 cm³/mol. The first kappa shape index (κ1) is 15.5. The molecule has 2 rings (SSSR count). The van der Waals surface area contributed by atoms with Gasteiger partial charge in [-0.15, -0.1) is 13.2 Å². The minimum atomic E-state index is -4.88. The molecule has 1 aromatic carbocycles. The molecule has 0 spiro atoms. The average Bonchev–Trinajstić information content (AvgIpc) is 2.74. The minimum Gasteiger partial charge on any atom is -0.478 e. The SMILES string of the molecule is O=C(O)c1cnn(-c2c(Cl)cc(OC(F)(F)F)cc2Cl)c1. The van der Waals surface area contributed by atoms with Crippen molar-refractivity contribution in [2.45, 2.75) is 6.36 Å². The van der Waals surface area contributed by atoms with Crippen LogP contribution >= 0.6 is 23.2 Å². The molecular formula is C11H5Cl2F3N2O3. The van der Waals surface area contributed by atoms with Crippen LogP contribution in [-0.4, -0.2) is 27.2 Å². The smallest absolute Gasteiger partial charge is 0.478 e. The van der Waals surface area contributed by atoms with Gasteiger partial charge in [-0.1, -0.05) is 23.2 Å². The number of alkyl halides is 3. The van der Waals surface area contributed by atoms with Crippen LogP contribution in [-0.2, 0) is 0 Å². The lowest BCUT2D eigenvalue weighted by Gasteiger charge is -2.12. The van der Waals surface area contributed by atoms with Gasteiger partial charge in [0, 0.05) is 18.3 Å². The molecule has 0 aliphatic carbocycles. The van der Waals surface area contributed by atoms with Crippen LogP contribution in [0.2, 0.25) is 10.0 Å². The second kappa shape index (κ2) is 5.45. The fourth-order valence-electron chi connectivity index (χ4n) is 1.51. The van der Waals surface area contributed by atoms with Gasteiger partial charge in [0.05, 0.1) is 21.8 Å². The largest absolute Gasteiger partial charge is 0.573 e. The number of hydrogen-bond acceptors (Lipinski definition) is 3. The molecule has 1 N–H and O–H groups in total. The summed E-state index contributed by atoms with van der Waals surface area (Å²) in [6.45, 7) is 0. The van der Waals surface area contributed by atoms with Gasteiger partial charge in [0.25, 0.3) is 0 Å². The van der Waals surface area contributed by atoms with Crippen LogP contribution in [0, 0.1) is 0 Å². The molecule has 1 heterocycles. The summed E-state index contributed by atoms with van der Waals surface area (Å²) in [6, 6.07) is 1.80. The molecule has 112 valence electrons. The van der Waals surface area contributed by atoms with Crippen LogP contribution in [0.15, 0.2) is 24.5 Å². The zero-order valence-electron chi connectivity index (χ0n) is 9.86. The van der Waals surface area contributed by atoms with Crippen molar-refractivity contribution in [2.75, 3.05) is 0 Å². The molecule has 2 aromatic rings. The number of carboxylic acid groups (broad SMARTS) is 1. The monoisotopic (exact) mass is 340 g/mol. The van der Waals surface area contributed by atoms with Gasteiger partial charge in [-0.2, -0.15) is 5.10 Å². The highest BCUT2D eigenvalue weighted by Crippen LogP contribution is 2.35. The number of aromatic carboxylic acids is 1. The summed E-state index contributed by atoms with van der Waals surface area (Å²) in [5, 5.41) is 12.2. The van der Waals surface area contributed by atoms with Crippen LogP contribution in [0.25, 0.3) is 5.69 Å². The summed E-state index contributed by atoms with van der Waals surface area (Å²) in [6.07, 6.45) is -2.70. The van der Waals surface area contributed by atoms with Crippen LogP contribution in [0.3, 0.4) is 0 Å². The second-order valence-electron chi connectivity index (χ2n) is 3.76. The lowest BCUT2D eigenvalue weighted by atomic mass is 10.3. The molecule has 0 atom stereocenters. The summed E-state index contributed by atoms with van der Waals surface area (Å²) in [4.78, 5) is 10.8. The Balaban J connectivity index is 2.43. The first-order chi connectivity index (χ1) is 9.67. The van der Waals surface area contributed by atoms with Gasteiger partial charge < -0.3 is 9.84 Å². The summed E-state index contributed by atoms with van der Waals surface area (Å²) < 4.78 is 41.1. The highest BCUT2D eigenvalue weighted by Gasteiger charge is 2.31. The molecule has 0 saturated heterocycles. The van der Waals surface area contributed by atoms with Crippen LogP contribution in [0.4, 0.5) is 13.2 Å². The summed E-state index contributed by atoms with van der Waals surface area (Å²) in [5.74, 6) is -1.81. The molecular weight excluding hydrogens is 336 g/mol. The first-order valence-corrected chi connectivity index (χ1v) is 5.96. The number of halogens is 5. The quantitative estimate of drug-likeness (QED) is 0.923. The molecule has 10 heteroatoms. The zero-order chi connectivity index (χ0) is 15.8.